The van der Waals surface area contributed by atoms with Crippen molar-refractivity contribution in [1.82, 2.24) is 0 Å². The molecule has 0 bridgehead atoms. The highest BCUT2D eigenvalue weighted by Gasteiger charge is 2.36. The smallest absolute Gasteiger partial charge is 0.311 e. The van der Waals surface area contributed by atoms with Crippen LogP contribution in [0.4, 0.5) is 11.4 Å². The number of ether oxygens (including phenoxy) is 1. The molecule has 6 heteroatoms. The van der Waals surface area contributed by atoms with Gasteiger partial charge in [-0.3, -0.25) is 14.4 Å². The van der Waals surface area contributed by atoms with E-state index in [1.807, 2.05) is 37.3 Å². The van der Waals surface area contributed by atoms with E-state index in [1.165, 1.54) is 0 Å². The second-order valence-electron chi connectivity index (χ2n) is 6.41. The lowest BCUT2D eigenvalue weighted by atomic mass is 10.1. The number of hydrogen-bond acceptors (Lipinski definition) is 4. The highest BCUT2D eigenvalue weighted by atomic mass is 16.5. The Morgan fingerprint density at radius 1 is 1.11 bits per heavy atom. The van der Waals surface area contributed by atoms with Crippen LogP contribution in [0.5, 0.6) is 0 Å². The fourth-order valence-electron chi connectivity index (χ4n) is 3.14. The zero-order chi connectivity index (χ0) is 19.2. The van der Waals surface area contributed by atoms with Gasteiger partial charge in [0.2, 0.25) is 5.91 Å². The van der Waals surface area contributed by atoms with Crippen molar-refractivity contribution in [3.63, 3.8) is 0 Å². The molecule has 0 aliphatic carbocycles. The van der Waals surface area contributed by atoms with Crippen LogP contribution >= 0.6 is 0 Å². The topological polar surface area (TPSA) is 75.7 Å². The van der Waals surface area contributed by atoms with Gasteiger partial charge in [0.05, 0.1) is 5.92 Å². The number of hydrogen-bond donors (Lipinski definition) is 1. The van der Waals surface area contributed by atoms with Crippen LogP contribution in [0.15, 0.2) is 54.6 Å². The first kappa shape index (κ1) is 18.6. The number of carbonyl (C=O) groups excluding carboxylic acids is 3. The Labute approximate surface area is 158 Å². The molecule has 1 saturated heterocycles. The summed E-state index contributed by atoms with van der Waals surface area (Å²) < 4.78 is 5.12. The fraction of sp³-hybridized carbons (Fsp3) is 0.286. The van der Waals surface area contributed by atoms with Crippen LogP contribution in [0.1, 0.15) is 18.9 Å². The van der Waals surface area contributed by atoms with Gasteiger partial charge in [-0.15, -0.1) is 0 Å². The summed E-state index contributed by atoms with van der Waals surface area (Å²) in [5.74, 6) is -1.60. The summed E-state index contributed by atoms with van der Waals surface area (Å²) in [6, 6.07) is 16.6. The minimum absolute atomic E-state index is 0.0944. The number of esters is 1. The van der Waals surface area contributed by atoms with Gasteiger partial charge in [0.25, 0.3) is 5.91 Å². The summed E-state index contributed by atoms with van der Waals surface area (Å²) in [6.07, 6.45) is 0.895. The second-order valence-corrected chi connectivity index (χ2v) is 6.41. The van der Waals surface area contributed by atoms with Crippen molar-refractivity contribution in [2.24, 2.45) is 5.92 Å². The average molecular weight is 366 g/mol. The Kier molecular flexibility index (Phi) is 5.86. The lowest BCUT2D eigenvalue weighted by Gasteiger charge is -2.19. The molecule has 1 heterocycles. The predicted molar refractivity (Wildman–Crippen MR) is 102 cm³/mol. The van der Waals surface area contributed by atoms with Gasteiger partial charge in [0.15, 0.2) is 6.61 Å². The summed E-state index contributed by atoms with van der Waals surface area (Å²) in [5.41, 5.74) is 2.53. The normalized spacial score (nSPS) is 16.3. The molecule has 27 heavy (non-hydrogen) atoms. The number of aryl methyl sites for hydroxylation is 1. The third-order valence-electron chi connectivity index (χ3n) is 4.52. The van der Waals surface area contributed by atoms with E-state index < -0.39 is 17.8 Å². The number of para-hydroxylation sites is 2. The summed E-state index contributed by atoms with van der Waals surface area (Å²) in [4.78, 5) is 38.2. The van der Waals surface area contributed by atoms with Gasteiger partial charge in [0.1, 0.15) is 0 Å². The van der Waals surface area contributed by atoms with E-state index in [0.29, 0.717) is 5.69 Å². The highest BCUT2D eigenvalue weighted by Crippen LogP contribution is 2.29. The van der Waals surface area contributed by atoms with Crippen molar-refractivity contribution in [2.75, 3.05) is 23.4 Å². The van der Waals surface area contributed by atoms with Crippen molar-refractivity contribution < 1.29 is 19.1 Å². The molecule has 0 saturated carbocycles. The molecule has 2 aromatic rings. The second kappa shape index (κ2) is 8.49. The molecule has 0 radical (unpaired) electrons. The van der Waals surface area contributed by atoms with Crippen LogP contribution in [0.3, 0.4) is 0 Å². The van der Waals surface area contributed by atoms with Crippen LogP contribution in [0, 0.1) is 5.92 Å². The number of amides is 2. The van der Waals surface area contributed by atoms with Crippen LogP contribution in [0.25, 0.3) is 0 Å². The van der Waals surface area contributed by atoms with Crippen molar-refractivity contribution >= 4 is 29.2 Å². The maximum atomic E-state index is 12.4. The lowest BCUT2D eigenvalue weighted by Crippen LogP contribution is -2.28. The van der Waals surface area contributed by atoms with Gasteiger partial charge >= 0.3 is 5.97 Å². The minimum Gasteiger partial charge on any atom is -0.455 e. The van der Waals surface area contributed by atoms with Crippen molar-refractivity contribution in [3.8, 4) is 0 Å². The fourth-order valence-corrected chi connectivity index (χ4v) is 3.14. The Morgan fingerprint density at radius 3 is 2.56 bits per heavy atom. The molecule has 0 aromatic heterocycles. The van der Waals surface area contributed by atoms with Gasteiger partial charge < -0.3 is 15.0 Å². The standard InChI is InChI=1S/C21H22N2O4/c1-2-15-8-6-7-11-18(15)23-13-16(12-20(23)25)21(26)27-14-19(24)22-17-9-4-3-5-10-17/h3-11,16H,2,12-14H2,1H3,(H,22,24)/t16-/m1/s1. The van der Waals surface area contributed by atoms with E-state index in [9.17, 15) is 14.4 Å². The molecule has 1 aliphatic rings. The van der Waals surface area contributed by atoms with Gasteiger partial charge in [0, 0.05) is 24.3 Å². The Hall–Kier alpha value is -3.15. The molecule has 0 spiro atoms. The quantitative estimate of drug-likeness (QED) is 0.798. The van der Waals surface area contributed by atoms with E-state index in [2.05, 4.69) is 5.32 Å². The van der Waals surface area contributed by atoms with Crippen LogP contribution in [-0.2, 0) is 25.5 Å². The van der Waals surface area contributed by atoms with Gasteiger partial charge in [-0.25, -0.2) is 0 Å². The molecule has 140 valence electrons. The Bertz CT molecular complexity index is 835. The number of carbonyl (C=O) groups is 3. The van der Waals surface area contributed by atoms with Gasteiger partial charge in [-0.05, 0) is 30.2 Å². The predicted octanol–water partition coefficient (Wildman–Crippen LogP) is 2.78. The lowest BCUT2D eigenvalue weighted by molar-refractivity contribution is -0.151. The van der Waals surface area contributed by atoms with Crippen LogP contribution < -0.4 is 10.2 Å². The number of rotatable bonds is 6. The molecule has 1 atom stereocenters. The minimum atomic E-state index is -0.563. The molecule has 1 fully saturated rings. The van der Waals surface area contributed by atoms with Crippen LogP contribution in [-0.4, -0.2) is 30.9 Å². The monoisotopic (exact) mass is 366 g/mol. The highest BCUT2D eigenvalue weighted by molar-refractivity contribution is 6.00. The van der Waals surface area contributed by atoms with Gasteiger partial charge in [-0.1, -0.05) is 43.3 Å². The molecule has 2 aromatic carbocycles. The van der Waals surface area contributed by atoms with E-state index in [-0.39, 0.29) is 25.5 Å². The number of benzene rings is 2. The Morgan fingerprint density at radius 2 is 1.81 bits per heavy atom. The van der Waals surface area contributed by atoms with Gasteiger partial charge in [-0.2, -0.15) is 0 Å². The van der Waals surface area contributed by atoms with Crippen molar-refractivity contribution in [2.45, 2.75) is 19.8 Å². The number of nitrogens with zero attached hydrogens (tertiary/aromatic N) is 1. The first-order valence-corrected chi connectivity index (χ1v) is 8.98. The summed E-state index contributed by atoms with van der Waals surface area (Å²) >= 11 is 0. The summed E-state index contributed by atoms with van der Waals surface area (Å²) in [7, 11) is 0. The van der Waals surface area contributed by atoms with E-state index in [0.717, 1.165) is 17.7 Å². The largest absolute Gasteiger partial charge is 0.455 e. The average Bonchev–Trinajstić information content (AvgIpc) is 3.08. The number of anilines is 2. The third kappa shape index (κ3) is 4.53. The maximum Gasteiger partial charge on any atom is 0.311 e. The first-order valence-electron chi connectivity index (χ1n) is 8.98. The molecular formula is C21H22N2O4. The summed E-state index contributed by atoms with van der Waals surface area (Å²) in [5, 5.41) is 2.65. The zero-order valence-electron chi connectivity index (χ0n) is 15.2. The molecular weight excluding hydrogens is 344 g/mol. The molecule has 1 aliphatic heterocycles. The SMILES string of the molecule is CCc1ccccc1N1C[C@H](C(=O)OCC(=O)Nc2ccccc2)CC1=O. The van der Waals surface area contributed by atoms with Crippen molar-refractivity contribution in [1.29, 1.82) is 0 Å². The summed E-state index contributed by atoms with van der Waals surface area (Å²) in [6.45, 7) is 1.93. The third-order valence-corrected chi connectivity index (χ3v) is 4.52. The number of nitrogens with one attached hydrogen (secondary N) is 1. The molecule has 2 amide bonds. The maximum absolute atomic E-state index is 12.4. The van der Waals surface area contributed by atoms with E-state index >= 15 is 0 Å². The molecule has 0 unspecified atom stereocenters. The van der Waals surface area contributed by atoms with Crippen LogP contribution in [0.2, 0.25) is 0 Å². The zero-order valence-corrected chi connectivity index (χ0v) is 15.2. The Balaban J connectivity index is 1.55. The van der Waals surface area contributed by atoms with E-state index in [4.69, 9.17) is 4.74 Å². The molecule has 1 N–H and O–H groups in total. The molecule has 3 rings (SSSR count). The molecule has 6 nitrogen and oxygen atoms in total. The first-order chi connectivity index (χ1) is 13.1. The van der Waals surface area contributed by atoms with E-state index in [1.54, 1.807) is 29.2 Å². The van der Waals surface area contributed by atoms with Crippen molar-refractivity contribution in [3.05, 3.63) is 60.2 Å².